The molecule has 10 heteroatoms. The lowest BCUT2D eigenvalue weighted by molar-refractivity contribution is -0.137. The summed E-state index contributed by atoms with van der Waals surface area (Å²) >= 11 is 0. The highest BCUT2D eigenvalue weighted by Crippen LogP contribution is 2.22. The zero-order valence-corrected chi connectivity index (χ0v) is 12.5. The first-order valence-electron chi connectivity index (χ1n) is 5.58. The van der Waals surface area contributed by atoms with Gasteiger partial charge in [0.2, 0.25) is 0 Å². The quantitative estimate of drug-likeness (QED) is 0.152. The number of carboxylic acids is 1. The Hall–Kier alpha value is -1.26. The monoisotopic (exact) mass is 323 g/mol. The van der Waals surface area contributed by atoms with Crippen molar-refractivity contribution in [3.05, 3.63) is 0 Å². The summed E-state index contributed by atoms with van der Waals surface area (Å²) in [5.74, 6) is -1.01. The second-order valence-electron chi connectivity index (χ2n) is 3.46. The first kappa shape index (κ1) is 18.7. The maximum Gasteiger partial charge on any atom is 0.321 e. The summed E-state index contributed by atoms with van der Waals surface area (Å²) in [6.45, 7) is 1.37. The number of carbonyl (C=O) groups excluding carboxylic acids is 2. The number of amides is 1. The van der Waals surface area contributed by atoms with E-state index in [0.717, 1.165) is 0 Å². The largest absolute Gasteiger partial charge is 0.480 e. The molecule has 0 spiro atoms. The SMILES string of the molecule is C/C=N/OCC(=O)NC(C=O)CSSC[C@@H](N)C(=O)O. The number of nitrogens with zero attached hydrogens (tertiary/aromatic N) is 1. The van der Waals surface area contributed by atoms with E-state index in [1.165, 1.54) is 27.8 Å². The topological polar surface area (TPSA) is 131 Å². The van der Waals surface area contributed by atoms with E-state index in [1.54, 1.807) is 6.92 Å². The third kappa shape index (κ3) is 9.64. The molecule has 2 atom stereocenters. The standard InChI is InChI=1S/C10H17N3O5S2/c1-2-12-18-4-9(15)13-7(3-14)5-19-20-6-8(11)10(16)17/h2-3,7-8H,4-6,11H2,1H3,(H,13,15)(H,16,17)/b12-2+/t7?,8-/m1/s1. The van der Waals surface area contributed by atoms with E-state index in [-0.39, 0.29) is 12.4 Å². The average Bonchev–Trinajstić information content (AvgIpc) is 2.41. The smallest absolute Gasteiger partial charge is 0.321 e. The van der Waals surface area contributed by atoms with Crippen LogP contribution in [-0.2, 0) is 19.2 Å². The van der Waals surface area contributed by atoms with Crippen LogP contribution in [0.1, 0.15) is 6.92 Å². The van der Waals surface area contributed by atoms with Gasteiger partial charge in [0.05, 0.1) is 6.04 Å². The number of aldehydes is 1. The van der Waals surface area contributed by atoms with Crippen LogP contribution in [0.2, 0.25) is 0 Å². The molecule has 114 valence electrons. The van der Waals surface area contributed by atoms with Gasteiger partial charge in [0.1, 0.15) is 12.3 Å². The van der Waals surface area contributed by atoms with E-state index in [2.05, 4.69) is 15.3 Å². The molecule has 0 fully saturated rings. The molecule has 0 aliphatic rings. The van der Waals surface area contributed by atoms with Crippen molar-refractivity contribution in [2.45, 2.75) is 19.0 Å². The molecule has 0 aliphatic heterocycles. The van der Waals surface area contributed by atoms with Gasteiger partial charge in [-0.2, -0.15) is 0 Å². The van der Waals surface area contributed by atoms with Crippen molar-refractivity contribution in [1.82, 2.24) is 5.32 Å². The molecular weight excluding hydrogens is 306 g/mol. The van der Waals surface area contributed by atoms with Crippen molar-refractivity contribution < 1.29 is 24.3 Å². The average molecular weight is 323 g/mol. The third-order valence-corrected chi connectivity index (χ3v) is 4.26. The second-order valence-corrected chi connectivity index (χ2v) is 6.01. The summed E-state index contributed by atoms with van der Waals surface area (Å²) in [5, 5.41) is 14.4. The van der Waals surface area contributed by atoms with Crippen LogP contribution in [0, 0.1) is 0 Å². The molecule has 0 radical (unpaired) electrons. The summed E-state index contributed by atoms with van der Waals surface area (Å²) in [5.41, 5.74) is 5.31. The van der Waals surface area contributed by atoms with Crippen LogP contribution in [-0.4, -0.2) is 59.7 Å². The number of hydrogen-bond donors (Lipinski definition) is 3. The first-order valence-corrected chi connectivity index (χ1v) is 8.07. The summed E-state index contributed by atoms with van der Waals surface area (Å²) in [4.78, 5) is 37.2. The number of hydrogen-bond acceptors (Lipinski definition) is 8. The Labute approximate surface area is 124 Å². The minimum Gasteiger partial charge on any atom is -0.480 e. The van der Waals surface area contributed by atoms with Crippen LogP contribution in [0.25, 0.3) is 0 Å². The van der Waals surface area contributed by atoms with Gasteiger partial charge < -0.3 is 25.8 Å². The van der Waals surface area contributed by atoms with E-state index < -0.39 is 24.0 Å². The number of carboxylic acid groups (broad SMARTS) is 1. The minimum absolute atomic E-state index is 0.216. The number of aliphatic carboxylic acids is 1. The van der Waals surface area contributed by atoms with Crippen LogP contribution in [0.15, 0.2) is 5.16 Å². The van der Waals surface area contributed by atoms with Crippen molar-refractivity contribution in [3.8, 4) is 0 Å². The molecule has 0 aromatic heterocycles. The van der Waals surface area contributed by atoms with Gasteiger partial charge in [0.25, 0.3) is 5.91 Å². The lowest BCUT2D eigenvalue weighted by Gasteiger charge is -2.12. The molecule has 0 heterocycles. The fourth-order valence-electron chi connectivity index (χ4n) is 0.848. The van der Waals surface area contributed by atoms with Crippen molar-refractivity contribution in [1.29, 1.82) is 0 Å². The maximum absolute atomic E-state index is 11.3. The lowest BCUT2D eigenvalue weighted by Crippen LogP contribution is -2.39. The normalized spacial score (nSPS) is 13.7. The Morgan fingerprint density at radius 2 is 2.10 bits per heavy atom. The molecule has 0 aromatic carbocycles. The molecule has 0 bridgehead atoms. The van der Waals surface area contributed by atoms with Crippen LogP contribution in [0.5, 0.6) is 0 Å². The van der Waals surface area contributed by atoms with Gasteiger partial charge in [0.15, 0.2) is 6.61 Å². The fourth-order valence-corrected chi connectivity index (χ4v) is 3.10. The number of carbonyl (C=O) groups is 3. The Kier molecular flexibility index (Phi) is 10.8. The minimum atomic E-state index is -1.08. The molecule has 1 amide bonds. The predicted octanol–water partition coefficient (Wildman–Crippen LogP) is -0.514. The van der Waals surface area contributed by atoms with E-state index >= 15 is 0 Å². The van der Waals surface area contributed by atoms with E-state index in [4.69, 9.17) is 10.8 Å². The number of rotatable bonds is 11. The van der Waals surface area contributed by atoms with Gasteiger partial charge in [0, 0.05) is 17.7 Å². The van der Waals surface area contributed by atoms with Gasteiger partial charge in [-0.05, 0) is 6.92 Å². The third-order valence-electron chi connectivity index (χ3n) is 1.78. The van der Waals surface area contributed by atoms with Gasteiger partial charge in [-0.1, -0.05) is 26.7 Å². The fraction of sp³-hybridized carbons (Fsp3) is 0.600. The van der Waals surface area contributed by atoms with Crippen molar-refractivity contribution in [2.75, 3.05) is 18.1 Å². The summed E-state index contributed by atoms with van der Waals surface area (Å²) in [6.07, 6.45) is 1.99. The molecule has 0 saturated heterocycles. The summed E-state index contributed by atoms with van der Waals surface area (Å²) < 4.78 is 0. The number of nitrogens with one attached hydrogen (secondary N) is 1. The second kappa shape index (κ2) is 11.6. The van der Waals surface area contributed by atoms with E-state index in [0.29, 0.717) is 12.0 Å². The molecule has 1 unspecified atom stereocenters. The Balaban J connectivity index is 3.84. The van der Waals surface area contributed by atoms with Gasteiger partial charge in [-0.15, -0.1) is 0 Å². The molecule has 20 heavy (non-hydrogen) atoms. The number of oxime groups is 1. The van der Waals surface area contributed by atoms with Gasteiger partial charge in [-0.3, -0.25) is 9.59 Å². The molecule has 4 N–H and O–H groups in total. The van der Waals surface area contributed by atoms with Crippen LogP contribution in [0.3, 0.4) is 0 Å². The van der Waals surface area contributed by atoms with Crippen LogP contribution in [0.4, 0.5) is 0 Å². The Morgan fingerprint density at radius 1 is 1.45 bits per heavy atom. The van der Waals surface area contributed by atoms with Crippen LogP contribution >= 0.6 is 21.6 Å². The summed E-state index contributed by atoms with van der Waals surface area (Å²) in [7, 11) is 2.49. The maximum atomic E-state index is 11.3. The highest BCUT2D eigenvalue weighted by atomic mass is 33.1. The van der Waals surface area contributed by atoms with Gasteiger partial charge in [-0.25, -0.2) is 0 Å². The van der Waals surface area contributed by atoms with E-state index in [9.17, 15) is 14.4 Å². The van der Waals surface area contributed by atoms with Gasteiger partial charge >= 0.3 is 5.97 Å². The zero-order chi connectivity index (χ0) is 15.4. The van der Waals surface area contributed by atoms with Crippen LogP contribution < -0.4 is 11.1 Å². The zero-order valence-electron chi connectivity index (χ0n) is 10.9. The molecular formula is C10H17N3O5S2. The molecule has 0 rings (SSSR count). The van der Waals surface area contributed by atoms with Crippen molar-refractivity contribution >= 4 is 46.0 Å². The van der Waals surface area contributed by atoms with Crippen molar-refractivity contribution in [3.63, 3.8) is 0 Å². The lowest BCUT2D eigenvalue weighted by atomic mass is 10.4. The Morgan fingerprint density at radius 3 is 2.65 bits per heavy atom. The molecule has 0 aromatic rings. The Bertz CT molecular complexity index is 354. The first-order chi connectivity index (χ1) is 9.51. The predicted molar refractivity (Wildman–Crippen MR) is 78.6 cm³/mol. The summed E-state index contributed by atoms with van der Waals surface area (Å²) in [6, 6.07) is -1.62. The van der Waals surface area contributed by atoms with Crippen molar-refractivity contribution in [2.24, 2.45) is 10.9 Å². The molecule has 8 nitrogen and oxygen atoms in total. The molecule has 0 aliphatic carbocycles. The van der Waals surface area contributed by atoms with E-state index in [1.807, 2.05) is 0 Å². The highest BCUT2D eigenvalue weighted by Gasteiger charge is 2.14. The highest BCUT2D eigenvalue weighted by molar-refractivity contribution is 8.76. The number of nitrogens with two attached hydrogens (primary N) is 1. The molecule has 0 saturated carbocycles.